The van der Waals surface area contributed by atoms with Gasteiger partial charge in [-0.3, -0.25) is 4.79 Å². The third-order valence-electron chi connectivity index (χ3n) is 3.39. The molecular formula is C16H14F2N4O. The first-order valence-corrected chi connectivity index (χ1v) is 7.18. The fourth-order valence-electron chi connectivity index (χ4n) is 2.28. The molecule has 0 aliphatic rings. The first-order valence-electron chi connectivity index (χ1n) is 7.18. The van der Waals surface area contributed by atoms with E-state index >= 15 is 0 Å². The number of benzene rings is 2. The Bertz CT molecular complexity index is 876. The van der Waals surface area contributed by atoms with E-state index in [9.17, 15) is 13.6 Å². The molecule has 0 bridgehead atoms. The average Bonchev–Trinajstić information content (AvgIpc) is 2.93. The molecule has 3 rings (SSSR count). The highest BCUT2D eigenvalue weighted by Gasteiger charge is 2.12. The zero-order chi connectivity index (χ0) is 16.4. The molecule has 1 amide bonds. The molecule has 1 heterocycles. The molecule has 2 aromatic carbocycles. The van der Waals surface area contributed by atoms with E-state index < -0.39 is 17.5 Å². The summed E-state index contributed by atoms with van der Waals surface area (Å²) in [5, 5.41) is 10.4. The number of amides is 1. The van der Waals surface area contributed by atoms with Gasteiger partial charge in [0, 0.05) is 18.2 Å². The van der Waals surface area contributed by atoms with Crippen molar-refractivity contribution in [2.45, 2.75) is 19.9 Å². The maximum atomic E-state index is 13.6. The molecule has 1 N–H and O–H groups in total. The van der Waals surface area contributed by atoms with Crippen molar-refractivity contribution < 1.29 is 13.6 Å². The maximum Gasteiger partial charge on any atom is 0.255 e. The third kappa shape index (κ3) is 3.03. The van der Waals surface area contributed by atoms with Gasteiger partial charge in [-0.15, -0.1) is 5.10 Å². The van der Waals surface area contributed by atoms with Gasteiger partial charge in [-0.25, -0.2) is 13.5 Å². The number of aromatic nitrogens is 3. The molecule has 0 unspecified atom stereocenters. The fourth-order valence-corrected chi connectivity index (χ4v) is 2.28. The Morgan fingerprint density at radius 1 is 1.22 bits per heavy atom. The molecule has 0 aliphatic heterocycles. The van der Waals surface area contributed by atoms with Crippen LogP contribution >= 0.6 is 0 Å². The summed E-state index contributed by atoms with van der Waals surface area (Å²) in [5.41, 5.74) is 1.49. The largest absolute Gasteiger partial charge is 0.319 e. The van der Waals surface area contributed by atoms with Crippen LogP contribution < -0.4 is 5.32 Å². The topological polar surface area (TPSA) is 59.8 Å². The zero-order valence-corrected chi connectivity index (χ0v) is 12.4. The molecule has 0 aliphatic carbocycles. The van der Waals surface area contributed by atoms with Gasteiger partial charge in [0.15, 0.2) is 0 Å². The number of rotatable bonds is 4. The molecule has 0 fully saturated rings. The molecule has 0 saturated carbocycles. The number of nitrogens with one attached hydrogen (secondary N) is 1. The normalized spacial score (nSPS) is 10.9. The fraction of sp³-hybridized carbons (Fsp3) is 0.188. The minimum Gasteiger partial charge on any atom is -0.319 e. The van der Waals surface area contributed by atoms with Gasteiger partial charge in [-0.1, -0.05) is 12.1 Å². The zero-order valence-electron chi connectivity index (χ0n) is 12.4. The van der Waals surface area contributed by atoms with Gasteiger partial charge in [-0.05, 0) is 36.8 Å². The lowest BCUT2D eigenvalue weighted by Crippen LogP contribution is -2.13. The van der Waals surface area contributed by atoms with Crippen LogP contribution in [0.25, 0.3) is 11.0 Å². The number of carbonyl (C=O) groups excluding carboxylic acids is 1. The molecular weight excluding hydrogens is 302 g/mol. The van der Waals surface area contributed by atoms with Gasteiger partial charge in [0.05, 0.1) is 11.2 Å². The monoisotopic (exact) mass is 316 g/mol. The van der Waals surface area contributed by atoms with Crippen molar-refractivity contribution in [3.63, 3.8) is 0 Å². The van der Waals surface area contributed by atoms with Gasteiger partial charge >= 0.3 is 0 Å². The van der Waals surface area contributed by atoms with Gasteiger partial charge in [0.25, 0.3) is 5.91 Å². The van der Waals surface area contributed by atoms with Crippen LogP contribution in [0.4, 0.5) is 14.5 Å². The van der Waals surface area contributed by atoms with Gasteiger partial charge < -0.3 is 5.32 Å². The Labute approximate surface area is 130 Å². The molecule has 0 radical (unpaired) electrons. The van der Waals surface area contributed by atoms with Gasteiger partial charge in [-0.2, -0.15) is 0 Å². The number of carbonyl (C=O) groups is 1. The number of hydrogen-bond donors (Lipinski definition) is 1. The second kappa shape index (κ2) is 6.12. The smallest absolute Gasteiger partial charge is 0.255 e. The Balaban J connectivity index is 1.87. The van der Waals surface area contributed by atoms with Crippen LogP contribution in [0, 0.1) is 11.6 Å². The predicted molar refractivity (Wildman–Crippen MR) is 82.1 cm³/mol. The minimum atomic E-state index is -0.699. The molecule has 118 valence electrons. The highest BCUT2D eigenvalue weighted by Crippen LogP contribution is 2.18. The van der Waals surface area contributed by atoms with Crippen molar-refractivity contribution in [2.24, 2.45) is 0 Å². The van der Waals surface area contributed by atoms with E-state index in [2.05, 4.69) is 15.6 Å². The van der Waals surface area contributed by atoms with E-state index in [1.54, 1.807) is 22.9 Å². The molecule has 0 atom stereocenters. The summed E-state index contributed by atoms with van der Waals surface area (Å²) in [6.07, 6.45) is 0.916. The van der Waals surface area contributed by atoms with Crippen molar-refractivity contribution in [1.29, 1.82) is 0 Å². The number of fused-ring (bicyclic) bond motifs is 1. The maximum absolute atomic E-state index is 13.6. The molecule has 0 saturated heterocycles. The van der Waals surface area contributed by atoms with Crippen molar-refractivity contribution in [3.8, 4) is 0 Å². The quantitative estimate of drug-likeness (QED) is 0.803. The van der Waals surface area contributed by atoms with E-state index in [-0.39, 0.29) is 5.69 Å². The number of halogens is 2. The van der Waals surface area contributed by atoms with Crippen molar-refractivity contribution in [3.05, 3.63) is 53.6 Å². The summed E-state index contributed by atoms with van der Waals surface area (Å²) < 4.78 is 28.5. The van der Waals surface area contributed by atoms with E-state index in [1.807, 2.05) is 6.92 Å². The van der Waals surface area contributed by atoms with Gasteiger partial charge in [0.2, 0.25) is 0 Å². The lowest BCUT2D eigenvalue weighted by atomic mass is 10.1. The summed E-state index contributed by atoms with van der Waals surface area (Å²) >= 11 is 0. The van der Waals surface area contributed by atoms with Crippen molar-refractivity contribution in [2.75, 3.05) is 5.32 Å². The summed E-state index contributed by atoms with van der Waals surface area (Å²) in [5.74, 6) is -1.86. The van der Waals surface area contributed by atoms with Crippen LogP contribution in [0.1, 0.15) is 23.7 Å². The van der Waals surface area contributed by atoms with Crippen molar-refractivity contribution >= 4 is 22.6 Å². The van der Waals surface area contributed by atoms with E-state index in [0.717, 1.165) is 36.7 Å². The van der Waals surface area contributed by atoms with Crippen LogP contribution in [-0.2, 0) is 6.54 Å². The first-order chi connectivity index (χ1) is 11.1. The lowest BCUT2D eigenvalue weighted by Gasteiger charge is -2.07. The lowest BCUT2D eigenvalue weighted by molar-refractivity contribution is 0.102. The Hall–Kier alpha value is -2.83. The second-order valence-electron chi connectivity index (χ2n) is 5.09. The highest BCUT2D eigenvalue weighted by atomic mass is 19.1. The molecule has 23 heavy (non-hydrogen) atoms. The van der Waals surface area contributed by atoms with Crippen LogP contribution in [0.3, 0.4) is 0 Å². The van der Waals surface area contributed by atoms with Crippen LogP contribution in [0.5, 0.6) is 0 Å². The van der Waals surface area contributed by atoms with Gasteiger partial charge in [0.1, 0.15) is 17.2 Å². The predicted octanol–water partition coefficient (Wildman–Crippen LogP) is 3.37. The number of anilines is 1. The van der Waals surface area contributed by atoms with Crippen LogP contribution in [-0.4, -0.2) is 20.9 Å². The first kappa shape index (κ1) is 15.1. The third-order valence-corrected chi connectivity index (χ3v) is 3.39. The van der Waals surface area contributed by atoms with Crippen molar-refractivity contribution in [1.82, 2.24) is 15.0 Å². The Kier molecular flexibility index (Phi) is 4.01. The summed E-state index contributed by atoms with van der Waals surface area (Å²) in [6.45, 7) is 2.76. The summed E-state index contributed by atoms with van der Waals surface area (Å²) in [7, 11) is 0. The Morgan fingerprint density at radius 3 is 2.83 bits per heavy atom. The standard InChI is InChI=1S/C16H14F2N4O/c1-2-7-22-15-6-3-10(8-14(15)20-21-22)16(23)19-13-9-11(17)4-5-12(13)18/h3-6,8-9H,2,7H2,1H3,(H,19,23). The molecule has 3 aromatic rings. The van der Waals surface area contributed by atoms with E-state index in [4.69, 9.17) is 0 Å². The molecule has 0 spiro atoms. The summed E-state index contributed by atoms with van der Waals surface area (Å²) in [6, 6.07) is 7.80. The number of aryl methyl sites for hydroxylation is 1. The van der Waals surface area contributed by atoms with Crippen LogP contribution in [0.2, 0.25) is 0 Å². The Morgan fingerprint density at radius 2 is 2.04 bits per heavy atom. The molecule has 5 nitrogen and oxygen atoms in total. The second-order valence-corrected chi connectivity index (χ2v) is 5.09. The average molecular weight is 316 g/mol. The molecule has 1 aromatic heterocycles. The van der Waals surface area contributed by atoms with Crippen LogP contribution in [0.15, 0.2) is 36.4 Å². The minimum absolute atomic E-state index is 0.204. The van der Waals surface area contributed by atoms with E-state index in [0.29, 0.717) is 11.1 Å². The number of nitrogens with zero attached hydrogens (tertiary/aromatic N) is 3. The molecule has 7 heteroatoms. The SMILES string of the molecule is CCCn1nnc2cc(C(=O)Nc3cc(F)ccc3F)ccc21. The highest BCUT2D eigenvalue weighted by molar-refractivity contribution is 6.05. The number of hydrogen-bond acceptors (Lipinski definition) is 3. The summed E-state index contributed by atoms with van der Waals surface area (Å²) in [4.78, 5) is 12.2. The van der Waals surface area contributed by atoms with E-state index in [1.165, 1.54) is 0 Å².